The van der Waals surface area contributed by atoms with E-state index in [4.69, 9.17) is 28.9 Å². The molecule has 0 saturated heterocycles. The number of nitrogens with two attached hydrogens (primary N) is 1. The maximum Gasteiger partial charge on any atom is 0.142 e. The number of anilines is 1. The summed E-state index contributed by atoms with van der Waals surface area (Å²) in [5, 5.41) is 10.6. The van der Waals surface area contributed by atoms with Crippen molar-refractivity contribution in [1.29, 1.82) is 5.26 Å². The lowest BCUT2D eigenvalue weighted by Crippen LogP contribution is -2.00. The second-order valence-corrected chi connectivity index (χ2v) is 7.00. The summed E-state index contributed by atoms with van der Waals surface area (Å²) in [6.07, 6.45) is 2.01. The number of benzene rings is 2. The fourth-order valence-electron chi connectivity index (χ4n) is 2.51. The SMILES string of the molecule is CSc1ccc(-c2cc(-c3cc(Cl)ccc3Cl)nc(N)c2C#N)cc1. The van der Waals surface area contributed by atoms with Gasteiger partial charge in [0.1, 0.15) is 17.5 Å². The van der Waals surface area contributed by atoms with Gasteiger partial charge in [-0.05, 0) is 48.2 Å². The molecular formula is C19H13Cl2N3S. The molecular weight excluding hydrogens is 373 g/mol. The minimum Gasteiger partial charge on any atom is -0.383 e. The van der Waals surface area contributed by atoms with Crippen LogP contribution < -0.4 is 5.73 Å². The first-order valence-corrected chi connectivity index (χ1v) is 9.32. The van der Waals surface area contributed by atoms with Crippen LogP contribution in [-0.4, -0.2) is 11.2 Å². The molecule has 2 aromatic carbocycles. The molecule has 0 aliphatic carbocycles. The van der Waals surface area contributed by atoms with Gasteiger partial charge in [0.25, 0.3) is 0 Å². The van der Waals surface area contributed by atoms with Crippen molar-refractivity contribution in [3.63, 3.8) is 0 Å². The largest absolute Gasteiger partial charge is 0.383 e. The minimum atomic E-state index is 0.167. The van der Waals surface area contributed by atoms with Crippen LogP contribution in [0.25, 0.3) is 22.4 Å². The van der Waals surface area contributed by atoms with E-state index in [0.717, 1.165) is 10.5 Å². The summed E-state index contributed by atoms with van der Waals surface area (Å²) in [6, 6.07) is 17.1. The molecule has 0 saturated carbocycles. The molecule has 1 heterocycles. The van der Waals surface area contributed by atoms with Crippen molar-refractivity contribution < 1.29 is 0 Å². The minimum absolute atomic E-state index is 0.167. The number of rotatable bonds is 3. The quantitative estimate of drug-likeness (QED) is 0.570. The Bertz CT molecular complexity index is 979. The molecule has 1 aromatic heterocycles. The highest BCUT2D eigenvalue weighted by Gasteiger charge is 2.15. The molecule has 124 valence electrons. The van der Waals surface area contributed by atoms with E-state index in [2.05, 4.69) is 11.1 Å². The number of nitriles is 1. The van der Waals surface area contributed by atoms with Gasteiger partial charge in [0, 0.05) is 21.0 Å². The van der Waals surface area contributed by atoms with E-state index in [9.17, 15) is 5.26 Å². The first-order valence-electron chi connectivity index (χ1n) is 7.34. The van der Waals surface area contributed by atoms with E-state index >= 15 is 0 Å². The average Bonchev–Trinajstić information content (AvgIpc) is 2.63. The molecule has 25 heavy (non-hydrogen) atoms. The monoisotopic (exact) mass is 385 g/mol. The highest BCUT2D eigenvalue weighted by molar-refractivity contribution is 7.98. The Balaban J connectivity index is 2.22. The maximum atomic E-state index is 9.50. The van der Waals surface area contributed by atoms with Crippen molar-refractivity contribution in [2.75, 3.05) is 12.0 Å². The van der Waals surface area contributed by atoms with E-state index in [1.54, 1.807) is 30.0 Å². The summed E-state index contributed by atoms with van der Waals surface area (Å²) < 4.78 is 0. The highest BCUT2D eigenvalue weighted by atomic mass is 35.5. The van der Waals surface area contributed by atoms with Gasteiger partial charge < -0.3 is 5.73 Å². The van der Waals surface area contributed by atoms with Crippen LogP contribution in [0.1, 0.15) is 5.56 Å². The van der Waals surface area contributed by atoms with Crippen molar-refractivity contribution in [1.82, 2.24) is 4.98 Å². The maximum absolute atomic E-state index is 9.50. The standard InChI is InChI=1S/C19H13Cl2N3S/c1-25-13-5-2-11(3-6-13)14-9-18(24-19(23)16(14)10-22)15-8-12(20)4-7-17(15)21/h2-9H,1H3,(H2,23,24). The fraction of sp³-hybridized carbons (Fsp3) is 0.0526. The Hall–Kier alpha value is -2.19. The lowest BCUT2D eigenvalue weighted by molar-refractivity contribution is 1.31. The zero-order valence-corrected chi connectivity index (χ0v) is 15.6. The van der Waals surface area contributed by atoms with Crippen LogP contribution in [0.15, 0.2) is 53.4 Å². The van der Waals surface area contributed by atoms with Crippen LogP contribution in [0.3, 0.4) is 0 Å². The highest BCUT2D eigenvalue weighted by Crippen LogP contribution is 2.35. The van der Waals surface area contributed by atoms with Gasteiger partial charge in [-0.3, -0.25) is 0 Å². The Morgan fingerprint density at radius 1 is 1.04 bits per heavy atom. The van der Waals surface area contributed by atoms with Crippen LogP contribution in [0.5, 0.6) is 0 Å². The van der Waals surface area contributed by atoms with Crippen LogP contribution >= 0.6 is 35.0 Å². The summed E-state index contributed by atoms with van der Waals surface area (Å²) >= 11 is 14.0. The molecule has 0 fully saturated rings. The van der Waals surface area contributed by atoms with E-state index < -0.39 is 0 Å². The molecule has 2 N–H and O–H groups in total. The third kappa shape index (κ3) is 3.59. The number of nitrogen functional groups attached to an aromatic ring is 1. The zero-order valence-electron chi connectivity index (χ0n) is 13.3. The first kappa shape index (κ1) is 17.6. The van der Waals surface area contributed by atoms with Crippen LogP contribution in [-0.2, 0) is 0 Å². The third-order valence-corrected chi connectivity index (χ3v) is 5.07. The lowest BCUT2D eigenvalue weighted by atomic mass is 9.98. The predicted molar refractivity (Wildman–Crippen MR) is 106 cm³/mol. The van der Waals surface area contributed by atoms with Gasteiger partial charge in [-0.2, -0.15) is 5.26 Å². The van der Waals surface area contributed by atoms with E-state index in [1.807, 2.05) is 36.6 Å². The van der Waals surface area contributed by atoms with Gasteiger partial charge in [0.2, 0.25) is 0 Å². The number of hydrogen-bond acceptors (Lipinski definition) is 4. The number of thioether (sulfide) groups is 1. The smallest absolute Gasteiger partial charge is 0.142 e. The Morgan fingerprint density at radius 2 is 1.76 bits per heavy atom. The number of nitrogens with zero attached hydrogens (tertiary/aromatic N) is 2. The van der Waals surface area contributed by atoms with Gasteiger partial charge in [-0.25, -0.2) is 4.98 Å². The number of hydrogen-bond donors (Lipinski definition) is 1. The molecule has 3 nitrogen and oxygen atoms in total. The Labute approximate surface area is 160 Å². The third-order valence-electron chi connectivity index (χ3n) is 3.76. The van der Waals surface area contributed by atoms with Crippen molar-refractivity contribution >= 4 is 40.8 Å². The molecule has 0 aliphatic heterocycles. The summed E-state index contributed by atoms with van der Waals surface area (Å²) in [5.74, 6) is 0.167. The van der Waals surface area contributed by atoms with Crippen molar-refractivity contribution in [2.45, 2.75) is 4.90 Å². The molecule has 3 aromatic rings. The fourth-order valence-corrected chi connectivity index (χ4v) is 3.31. The molecule has 6 heteroatoms. The summed E-state index contributed by atoms with van der Waals surface area (Å²) in [4.78, 5) is 5.49. The van der Waals surface area contributed by atoms with Gasteiger partial charge in [-0.15, -0.1) is 11.8 Å². The van der Waals surface area contributed by atoms with Crippen molar-refractivity contribution in [3.05, 3.63) is 64.1 Å². The average molecular weight is 386 g/mol. The molecule has 0 spiro atoms. The first-order chi connectivity index (χ1) is 12.0. The van der Waals surface area contributed by atoms with Crippen molar-refractivity contribution in [3.8, 4) is 28.5 Å². The van der Waals surface area contributed by atoms with E-state index in [0.29, 0.717) is 32.4 Å². The van der Waals surface area contributed by atoms with Crippen LogP contribution in [0.2, 0.25) is 10.0 Å². The van der Waals surface area contributed by atoms with Crippen LogP contribution in [0.4, 0.5) is 5.82 Å². The summed E-state index contributed by atoms with van der Waals surface area (Å²) in [5.41, 5.74) is 9.24. The topological polar surface area (TPSA) is 62.7 Å². The Kier molecular flexibility index (Phi) is 5.19. The second-order valence-electron chi connectivity index (χ2n) is 5.28. The Morgan fingerprint density at radius 3 is 2.40 bits per heavy atom. The second kappa shape index (κ2) is 7.37. The van der Waals surface area contributed by atoms with Crippen molar-refractivity contribution in [2.24, 2.45) is 0 Å². The molecule has 0 unspecified atom stereocenters. The normalized spacial score (nSPS) is 10.5. The molecule has 0 radical (unpaired) electrons. The van der Waals surface area contributed by atoms with Gasteiger partial charge in [0.15, 0.2) is 0 Å². The number of halogens is 2. The molecule has 0 atom stereocenters. The van der Waals surface area contributed by atoms with Gasteiger partial charge in [-0.1, -0.05) is 35.3 Å². The van der Waals surface area contributed by atoms with E-state index in [-0.39, 0.29) is 5.82 Å². The van der Waals surface area contributed by atoms with Gasteiger partial charge in [0.05, 0.1) is 10.7 Å². The van der Waals surface area contributed by atoms with Crippen LogP contribution in [0, 0.1) is 11.3 Å². The van der Waals surface area contributed by atoms with Gasteiger partial charge >= 0.3 is 0 Å². The number of pyridine rings is 1. The molecule has 0 bridgehead atoms. The lowest BCUT2D eigenvalue weighted by Gasteiger charge is -2.12. The zero-order chi connectivity index (χ0) is 18.0. The summed E-state index contributed by atoms with van der Waals surface area (Å²) in [6.45, 7) is 0. The molecule has 0 aliphatic rings. The van der Waals surface area contributed by atoms with E-state index in [1.165, 1.54) is 0 Å². The number of aromatic nitrogens is 1. The molecule has 0 amide bonds. The summed E-state index contributed by atoms with van der Waals surface area (Å²) in [7, 11) is 0. The molecule has 3 rings (SSSR count). The predicted octanol–water partition coefficient (Wildman–Crippen LogP) is 5.90.